The van der Waals surface area contributed by atoms with Crippen molar-refractivity contribution in [3.63, 3.8) is 0 Å². The fourth-order valence-electron chi connectivity index (χ4n) is 1.85. The Bertz CT molecular complexity index is 690. The molecule has 1 aromatic heterocycles. The van der Waals surface area contributed by atoms with Crippen LogP contribution in [0.3, 0.4) is 0 Å². The summed E-state index contributed by atoms with van der Waals surface area (Å²) in [6.45, 7) is 3.57. The number of nitrogens with one attached hydrogen (secondary N) is 2. The lowest BCUT2D eigenvalue weighted by molar-refractivity contribution is -0.122. The maximum Gasteiger partial charge on any atom is 0.240 e. The van der Waals surface area contributed by atoms with Gasteiger partial charge in [-0.05, 0) is 32.1 Å². The smallest absolute Gasteiger partial charge is 0.240 e. The fourth-order valence-corrected chi connectivity index (χ4v) is 2.11. The molecule has 1 aromatic carbocycles. The number of hydrogen-bond donors (Lipinski definition) is 2. The molecule has 0 fully saturated rings. The number of rotatable bonds is 3. The van der Waals surface area contributed by atoms with Crippen LogP contribution in [0.1, 0.15) is 13.8 Å². The topological polar surface area (TPSA) is 49.8 Å². The van der Waals surface area contributed by atoms with Gasteiger partial charge >= 0.3 is 0 Å². The van der Waals surface area contributed by atoms with E-state index in [1.165, 1.54) is 4.57 Å². The first kappa shape index (κ1) is 13.7. The Balaban J connectivity index is 2.46. The number of H-pyrrole nitrogens is 1. The first-order valence-electron chi connectivity index (χ1n) is 5.75. The number of halogens is 2. The molecule has 0 aliphatic rings. The minimum absolute atomic E-state index is 0.0136. The first-order chi connectivity index (χ1) is 8.88. The van der Waals surface area contributed by atoms with Gasteiger partial charge in [-0.1, -0.05) is 0 Å². The fraction of sp³-hybridized carbons (Fsp3) is 0.333. The average Bonchev–Trinajstić information content (AvgIpc) is 2.56. The van der Waals surface area contributed by atoms with E-state index in [9.17, 15) is 13.6 Å². The van der Waals surface area contributed by atoms with E-state index in [2.05, 4.69) is 10.3 Å². The number of hydrogen-bond acceptors (Lipinski definition) is 2. The summed E-state index contributed by atoms with van der Waals surface area (Å²) in [5, 5.41) is 2.69. The molecule has 2 rings (SSSR count). The molecule has 0 unspecified atom stereocenters. The van der Waals surface area contributed by atoms with Crippen molar-refractivity contribution in [3.8, 4) is 0 Å². The Morgan fingerprint density at radius 3 is 2.79 bits per heavy atom. The van der Waals surface area contributed by atoms with Crippen LogP contribution in [-0.2, 0) is 11.3 Å². The van der Waals surface area contributed by atoms with Gasteiger partial charge in [-0.15, -0.1) is 0 Å². The molecule has 1 amide bonds. The minimum atomic E-state index is -0.732. The third-order valence-corrected chi connectivity index (χ3v) is 2.88. The van der Waals surface area contributed by atoms with Crippen molar-refractivity contribution in [1.29, 1.82) is 0 Å². The van der Waals surface area contributed by atoms with Crippen molar-refractivity contribution in [2.45, 2.75) is 26.4 Å². The van der Waals surface area contributed by atoms with E-state index in [0.717, 1.165) is 12.1 Å². The third-order valence-electron chi connectivity index (χ3n) is 2.55. The standard InChI is InChI=1S/C12H13F2N3OS/c1-6(2)15-10(18)5-17-9-4-7(13)3-8(14)11(9)16-12(17)19/h3-4,6H,5H2,1-2H3,(H,15,18)(H,16,19). The molecule has 0 aliphatic carbocycles. The van der Waals surface area contributed by atoms with Gasteiger partial charge in [0.2, 0.25) is 5.91 Å². The molecule has 2 aromatic rings. The number of benzene rings is 1. The molecular formula is C12H13F2N3OS. The zero-order valence-electron chi connectivity index (χ0n) is 10.5. The van der Waals surface area contributed by atoms with Gasteiger partial charge in [0, 0.05) is 12.1 Å². The monoisotopic (exact) mass is 285 g/mol. The summed E-state index contributed by atoms with van der Waals surface area (Å²) < 4.78 is 28.3. The molecule has 0 radical (unpaired) electrons. The number of carbonyl (C=O) groups excluding carboxylic acids is 1. The number of imidazole rings is 1. The molecule has 2 N–H and O–H groups in total. The number of amides is 1. The second kappa shape index (κ2) is 5.08. The van der Waals surface area contributed by atoms with Crippen molar-refractivity contribution in [2.75, 3.05) is 0 Å². The molecule has 0 spiro atoms. The summed E-state index contributed by atoms with van der Waals surface area (Å²) in [5.74, 6) is -1.71. The van der Waals surface area contributed by atoms with Crippen LogP contribution in [0.5, 0.6) is 0 Å². The van der Waals surface area contributed by atoms with E-state index in [0.29, 0.717) is 0 Å². The van der Waals surface area contributed by atoms with Gasteiger partial charge in [-0.2, -0.15) is 0 Å². The molecule has 1 heterocycles. The number of fused-ring (bicyclic) bond motifs is 1. The van der Waals surface area contributed by atoms with Crippen LogP contribution in [-0.4, -0.2) is 21.5 Å². The Hall–Kier alpha value is -1.76. The van der Waals surface area contributed by atoms with Crippen molar-refractivity contribution in [2.24, 2.45) is 0 Å². The lowest BCUT2D eigenvalue weighted by Gasteiger charge is -2.09. The van der Waals surface area contributed by atoms with Crippen LogP contribution in [0, 0.1) is 16.4 Å². The van der Waals surface area contributed by atoms with Gasteiger partial charge in [0.1, 0.15) is 17.9 Å². The summed E-state index contributed by atoms with van der Waals surface area (Å²) in [6.07, 6.45) is 0. The lowest BCUT2D eigenvalue weighted by atomic mass is 10.3. The van der Waals surface area contributed by atoms with Gasteiger partial charge in [0.15, 0.2) is 10.6 Å². The Morgan fingerprint density at radius 1 is 1.47 bits per heavy atom. The molecule has 7 heteroatoms. The van der Waals surface area contributed by atoms with E-state index >= 15 is 0 Å². The van der Waals surface area contributed by atoms with Gasteiger partial charge < -0.3 is 14.9 Å². The summed E-state index contributed by atoms with van der Waals surface area (Å²) >= 11 is 5.03. The molecule has 102 valence electrons. The normalized spacial score (nSPS) is 11.2. The highest BCUT2D eigenvalue weighted by molar-refractivity contribution is 7.71. The quantitative estimate of drug-likeness (QED) is 0.851. The Morgan fingerprint density at radius 2 is 2.16 bits per heavy atom. The van der Waals surface area contributed by atoms with Gasteiger partial charge in [0.05, 0.1) is 5.52 Å². The third kappa shape index (κ3) is 2.81. The van der Waals surface area contributed by atoms with Crippen molar-refractivity contribution in [1.82, 2.24) is 14.9 Å². The molecule has 0 saturated heterocycles. The largest absolute Gasteiger partial charge is 0.352 e. The van der Waals surface area contributed by atoms with Crippen LogP contribution in [0.4, 0.5) is 8.78 Å². The van der Waals surface area contributed by atoms with Crippen LogP contribution < -0.4 is 5.32 Å². The second-order valence-electron chi connectivity index (χ2n) is 4.52. The van der Waals surface area contributed by atoms with E-state index in [-0.39, 0.29) is 34.3 Å². The Kier molecular flexibility index (Phi) is 3.66. The second-order valence-corrected chi connectivity index (χ2v) is 4.91. The molecule has 0 bridgehead atoms. The van der Waals surface area contributed by atoms with E-state index < -0.39 is 11.6 Å². The average molecular weight is 285 g/mol. The van der Waals surface area contributed by atoms with Crippen molar-refractivity contribution >= 4 is 29.2 Å². The van der Waals surface area contributed by atoms with E-state index in [1.807, 2.05) is 13.8 Å². The highest BCUT2D eigenvalue weighted by atomic mass is 32.1. The molecule has 0 aliphatic heterocycles. The minimum Gasteiger partial charge on any atom is -0.352 e. The molecule has 19 heavy (non-hydrogen) atoms. The number of aromatic amines is 1. The van der Waals surface area contributed by atoms with Crippen molar-refractivity contribution in [3.05, 3.63) is 28.5 Å². The van der Waals surface area contributed by atoms with Crippen molar-refractivity contribution < 1.29 is 13.6 Å². The van der Waals surface area contributed by atoms with Gasteiger partial charge in [-0.25, -0.2) is 8.78 Å². The van der Waals surface area contributed by atoms with Crippen LogP contribution in [0.25, 0.3) is 11.0 Å². The summed E-state index contributed by atoms with van der Waals surface area (Å²) in [6, 6.07) is 1.90. The molecule has 4 nitrogen and oxygen atoms in total. The zero-order valence-corrected chi connectivity index (χ0v) is 11.3. The summed E-state index contributed by atoms with van der Waals surface area (Å²) in [7, 11) is 0. The molecular weight excluding hydrogens is 272 g/mol. The van der Waals surface area contributed by atoms with E-state index in [4.69, 9.17) is 12.2 Å². The summed E-state index contributed by atoms with van der Waals surface area (Å²) in [4.78, 5) is 14.3. The zero-order chi connectivity index (χ0) is 14.2. The number of aromatic nitrogens is 2. The highest BCUT2D eigenvalue weighted by Gasteiger charge is 2.13. The van der Waals surface area contributed by atoms with Gasteiger partial charge in [0.25, 0.3) is 0 Å². The lowest BCUT2D eigenvalue weighted by Crippen LogP contribution is -2.33. The molecule has 0 atom stereocenters. The maximum absolute atomic E-state index is 13.6. The Labute approximate surface area is 113 Å². The van der Waals surface area contributed by atoms with Crippen LogP contribution >= 0.6 is 12.2 Å². The first-order valence-corrected chi connectivity index (χ1v) is 6.16. The van der Waals surface area contributed by atoms with Crippen LogP contribution in [0.2, 0.25) is 0 Å². The van der Waals surface area contributed by atoms with Gasteiger partial charge in [-0.3, -0.25) is 4.79 Å². The number of nitrogens with zero attached hydrogens (tertiary/aromatic N) is 1. The predicted molar refractivity (Wildman–Crippen MR) is 70.3 cm³/mol. The van der Waals surface area contributed by atoms with Crippen LogP contribution in [0.15, 0.2) is 12.1 Å². The predicted octanol–water partition coefficient (Wildman–Crippen LogP) is 2.50. The highest BCUT2D eigenvalue weighted by Crippen LogP contribution is 2.19. The van der Waals surface area contributed by atoms with E-state index in [1.54, 1.807) is 0 Å². The maximum atomic E-state index is 13.6. The number of carbonyl (C=O) groups is 1. The summed E-state index contributed by atoms with van der Waals surface area (Å²) in [5.41, 5.74) is 0.338. The molecule has 0 saturated carbocycles. The SMILES string of the molecule is CC(C)NC(=O)Cn1c(=S)[nH]c2c(F)cc(F)cc21.